The molecule has 2 aliphatic rings. The molecule has 0 aromatic heterocycles. The highest BCUT2D eigenvalue weighted by molar-refractivity contribution is 7.89. The molecule has 0 saturated carbocycles. The van der Waals surface area contributed by atoms with Gasteiger partial charge in [0.25, 0.3) is 0 Å². The Morgan fingerprint density at radius 1 is 1.23 bits per heavy atom. The van der Waals surface area contributed by atoms with Crippen molar-refractivity contribution < 1.29 is 22.7 Å². The number of hydrogen-bond donors (Lipinski definition) is 1. The van der Waals surface area contributed by atoms with Gasteiger partial charge in [0.2, 0.25) is 21.8 Å². The zero-order valence-electron chi connectivity index (χ0n) is 14.6. The van der Waals surface area contributed by atoms with Crippen molar-refractivity contribution >= 4 is 21.8 Å². The summed E-state index contributed by atoms with van der Waals surface area (Å²) in [5, 5.41) is 2.75. The summed E-state index contributed by atoms with van der Waals surface area (Å²) in [5.74, 6) is -0.649. The highest BCUT2D eigenvalue weighted by Crippen LogP contribution is 2.28. The van der Waals surface area contributed by atoms with Gasteiger partial charge in [-0.2, -0.15) is 4.31 Å². The van der Waals surface area contributed by atoms with Crippen LogP contribution in [-0.4, -0.2) is 75.4 Å². The molecule has 0 aliphatic carbocycles. The van der Waals surface area contributed by atoms with Crippen molar-refractivity contribution in [1.82, 2.24) is 14.5 Å². The molecule has 2 heterocycles. The SMILES string of the molecule is COCCNC(=O)C1CC(=O)N(C2CN(S(=O)(=O)c3ccccc3)C2)C1. The largest absolute Gasteiger partial charge is 0.383 e. The monoisotopic (exact) mass is 381 g/mol. The molecule has 0 spiro atoms. The van der Waals surface area contributed by atoms with Gasteiger partial charge in [-0.05, 0) is 12.1 Å². The first-order valence-electron chi connectivity index (χ1n) is 8.55. The number of carbonyl (C=O) groups is 2. The number of nitrogens with zero attached hydrogens (tertiary/aromatic N) is 2. The second-order valence-electron chi connectivity index (χ2n) is 6.52. The van der Waals surface area contributed by atoms with Crippen LogP contribution >= 0.6 is 0 Å². The van der Waals surface area contributed by atoms with E-state index in [2.05, 4.69) is 5.32 Å². The Labute approximate surface area is 153 Å². The molecule has 0 bridgehead atoms. The Morgan fingerprint density at radius 3 is 2.58 bits per heavy atom. The van der Waals surface area contributed by atoms with Gasteiger partial charge in [0.1, 0.15) is 0 Å². The topological polar surface area (TPSA) is 96.0 Å². The van der Waals surface area contributed by atoms with E-state index < -0.39 is 10.0 Å². The van der Waals surface area contributed by atoms with Gasteiger partial charge < -0.3 is 15.0 Å². The summed E-state index contributed by atoms with van der Waals surface area (Å²) in [5.41, 5.74) is 0. The molecule has 8 nitrogen and oxygen atoms in total. The van der Waals surface area contributed by atoms with Gasteiger partial charge in [-0.25, -0.2) is 8.42 Å². The van der Waals surface area contributed by atoms with Gasteiger partial charge in [0, 0.05) is 39.7 Å². The normalized spacial score (nSPS) is 21.7. The maximum atomic E-state index is 12.5. The third-order valence-electron chi connectivity index (χ3n) is 4.79. The summed E-state index contributed by atoms with van der Waals surface area (Å²) in [7, 11) is -1.97. The van der Waals surface area contributed by atoms with Crippen LogP contribution in [0, 0.1) is 5.92 Å². The first-order valence-corrected chi connectivity index (χ1v) is 9.99. The molecular formula is C17H23N3O5S. The highest BCUT2D eigenvalue weighted by atomic mass is 32.2. The molecule has 2 fully saturated rings. The summed E-state index contributed by atoms with van der Waals surface area (Å²) in [6.07, 6.45) is 0.167. The molecule has 1 aromatic carbocycles. The summed E-state index contributed by atoms with van der Waals surface area (Å²) in [4.78, 5) is 26.2. The summed E-state index contributed by atoms with van der Waals surface area (Å²) >= 11 is 0. The van der Waals surface area contributed by atoms with Crippen molar-refractivity contribution in [3.05, 3.63) is 30.3 Å². The molecule has 9 heteroatoms. The van der Waals surface area contributed by atoms with E-state index in [0.29, 0.717) is 19.7 Å². The molecule has 1 aromatic rings. The molecular weight excluding hydrogens is 358 g/mol. The minimum atomic E-state index is -3.52. The second kappa shape index (κ2) is 7.73. The molecule has 1 unspecified atom stereocenters. The zero-order valence-corrected chi connectivity index (χ0v) is 15.4. The van der Waals surface area contributed by atoms with Gasteiger partial charge in [0.15, 0.2) is 0 Å². The minimum Gasteiger partial charge on any atom is -0.383 e. The molecule has 2 saturated heterocycles. The number of amides is 2. The van der Waals surface area contributed by atoms with E-state index in [1.165, 1.54) is 4.31 Å². The standard InChI is InChI=1S/C17H23N3O5S/c1-25-8-7-18-17(22)13-9-16(21)20(10-13)14-11-19(12-14)26(23,24)15-5-3-2-4-6-15/h2-6,13-14H,7-12H2,1H3,(H,18,22). The lowest BCUT2D eigenvalue weighted by Gasteiger charge is -2.42. The Bertz CT molecular complexity index is 762. The number of ether oxygens (including phenoxy) is 1. The molecule has 3 rings (SSSR count). The molecule has 26 heavy (non-hydrogen) atoms. The maximum Gasteiger partial charge on any atom is 0.243 e. The quantitative estimate of drug-likeness (QED) is 0.653. The number of methoxy groups -OCH3 is 1. The molecule has 1 atom stereocenters. The van der Waals surface area contributed by atoms with E-state index in [0.717, 1.165) is 0 Å². The van der Waals surface area contributed by atoms with Crippen molar-refractivity contribution in [2.75, 3.05) is 39.9 Å². The fourth-order valence-corrected chi connectivity index (χ4v) is 4.77. The molecule has 2 amide bonds. The van der Waals surface area contributed by atoms with Gasteiger partial charge in [-0.15, -0.1) is 0 Å². The average Bonchev–Trinajstić information content (AvgIpc) is 2.96. The Kier molecular flexibility index (Phi) is 5.59. The van der Waals surface area contributed by atoms with Crippen LogP contribution < -0.4 is 5.32 Å². The number of hydrogen-bond acceptors (Lipinski definition) is 5. The van der Waals surface area contributed by atoms with Crippen molar-refractivity contribution in [2.24, 2.45) is 5.92 Å². The van der Waals surface area contributed by atoms with Crippen LogP contribution in [-0.2, 0) is 24.3 Å². The fraction of sp³-hybridized carbons (Fsp3) is 0.529. The Hall–Kier alpha value is -1.97. The molecule has 2 aliphatic heterocycles. The van der Waals surface area contributed by atoms with E-state index in [1.54, 1.807) is 42.3 Å². The lowest BCUT2D eigenvalue weighted by Crippen LogP contribution is -2.61. The van der Waals surface area contributed by atoms with E-state index >= 15 is 0 Å². The number of likely N-dealkylation sites (tertiary alicyclic amines) is 1. The first-order chi connectivity index (χ1) is 12.4. The van der Waals surface area contributed by atoms with Gasteiger partial charge in [-0.3, -0.25) is 9.59 Å². The highest BCUT2D eigenvalue weighted by Gasteiger charge is 2.45. The van der Waals surface area contributed by atoms with Gasteiger partial charge in [-0.1, -0.05) is 18.2 Å². The minimum absolute atomic E-state index is 0.0985. The predicted molar refractivity (Wildman–Crippen MR) is 93.7 cm³/mol. The van der Waals surface area contributed by atoms with Crippen LogP contribution in [0.3, 0.4) is 0 Å². The van der Waals surface area contributed by atoms with Crippen LogP contribution in [0.1, 0.15) is 6.42 Å². The maximum absolute atomic E-state index is 12.5. The molecule has 142 valence electrons. The van der Waals surface area contributed by atoms with E-state index in [4.69, 9.17) is 4.74 Å². The summed E-state index contributed by atoms with van der Waals surface area (Å²) in [6, 6.07) is 8.08. The van der Waals surface area contributed by atoms with Crippen LogP contribution in [0.2, 0.25) is 0 Å². The zero-order chi connectivity index (χ0) is 18.7. The smallest absolute Gasteiger partial charge is 0.243 e. The van der Waals surface area contributed by atoms with E-state index in [9.17, 15) is 18.0 Å². The average molecular weight is 381 g/mol. The van der Waals surface area contributed by atoms with Crippen molar-refractivity contribution in [3.8, 4) is 0 Å². The first kappa shape index (κ1) is 18.8. The lowest BCUT2D eigenvalue weighted by atomic mass is 10.1. The number of sulfonamides is 1. The van der Waals surface area contributed by atoms with Gasteiger partial charge >= 0.3 is 0 Å². The summed E-state index contributed by atoms with van der Waals surface area (Å²) in [6.45, 7) is 1.70. The van der Waals surface area contributed by atoms with Crippen LogP contribution in [0.4, 0.5) is 0 Å². The Balaban J connectivity index is 1.54. The Morgan fingerprint density at radius 2 is 1.92 bits per heavy atom. The second-order valence-corrected chi connectivity index (χ2v) is 8.46. The van der Waals surface area contributed by atoms with Crippen LogP contribution in [0.5, 0.6) is 0 Å². The van der Waals surface area contributed by atoms with E-state index in [-0.39, 0.29) is 48.2 Å². The van der Waals surface area contributed by atoms with Crippen LogP contribution in [0.25, 0.3) is 0 Å². The number of carbonyl (C=O) groups excluding carboxylic acids is 2. The number of rotatable bonds is 7. The number of benzene rings is 1. The van der Waals surface area contributed by atoms with E-state index in [1.807, 2.05) is 0 Å². The lowest BCUT2D eigenvalue weighted by molar-refractivity contribution is -0.132. The molecule has 1 N–H and O–H groups in total. The third-order valence-corrected chi connectivity index (χ3v) is 6.63. The van der Waals surface area contributed by atoms with Crippen molar-refractivity contribution in [1.29, 1.82) is 0 Å². The third kappa shape index (κ3) is 3.74. The van der Waals surface area contributed by atoms with Crippen molar-refractivity contribution in [2.45, 2.75) is 17.4 Å². The van der Waals surface area contributed by atoms with Gasteiger partial charge in [0.05, 0.1) is 23.5 Å². The fourth-order valence-electron chi connectivity index (χ4n) is 3.23. The number of nitrogens with one attached hydrogen (secondary N) is 1. The molecule has 0 radical (unpaired) electrons. The summed E-state index contributed by atoms with van der Waals surface area (Å²) < 4.78 is 31.3. The van der Waals surface area contributed by atoms with Crippen LogP contribution in [0.15, 0.2) is 35.2 Å². The van der Waals surface area contributed by atoms with Crippen molar-refractivity contribution in [3.63, 3.8) is 0 Å². The predicted octanol–water partition coefficient (Wildman–Crippen LogP) is -0.329.